The van der Waals surface area contributed by atoms with Crippen LogP contribution in [0.1, 0.15) is 5.56 Å². The standard InChI is InChI=1S/C16H15FN2O5/c17-12-6-7-15(14(8-12)19(22)23)24-10-13(16(20)21)18-9-11-4-2-1-3-5-11/h1-8,13,18H,9-10H2,(H,20,21). The monoisotopic (exact) mass is 334 g/mol. The fourth-order valence-corrected chi connectivity index (χ4v) is 1.98. The number of nitrogens with zero attached hydrogens (tertiary/aromatic N) is 1. The van der Waals surface area contributed by atoms with Gasteiger partial charge in [0, 0.05) is 6.54 Å². The van der Waals surface area contributed by atoms with Gasteiger partial charge in [0.05, 0.1) is 11.0 Å². The van der Waals surface area contributed by atoms with E-state index in [4.69, 9.17) is 4.74 Å². The van der Waals surface area contributed by atoms with Crippen molar-refractivity contribution in [3.8, 4) is 5.75 Å². The maximum absolute atomic E-state index is 13.1. The number of halogens is 1. The Labute approximate surface area is 136 Å². The van der Waals surface area contributed by atoms with Gasteiger partial charge in [-0.1, -0.05) is 30.3 Å². The summed E-state index contributed by atoms with van der Waals surface area (Å²) in [4.78, 5) is 21.4. The summed E-state index contributed by atoms with van der Waals surface area (Å²) in [5.74, 6) is -2.11. The minimum absolute atomic E-state index is 0.186. The minimum Gasteiger partial charge on any atom is -0.485 e. The molecule has 2 N–H and O–H groups in total. The van der Waals surface area contributed by atoms with Gasteiger partial charge in [0.15, 0.2) is 5.75 Å². The number of carbonyl (C=O) groups is 1. The van der Waals surface area contributed by atoms with Crippen LogP contribution in [0.2, 0.25) is 0 Å². The molecule has 1 unspecified atom stereocenters. The average molecular weight is 334 g/mol. The van der Waals surface area contributed by atoms with Crippen LogP contribution in [0.25, 0.3) is 0 Å². The number of nitrogens with one attached hydrogen (secondary N) is 1. The summed E-state index contributed by atoms with van der Waals surface area (Å²) >= 11 is 0. The Morgan fingerprint density at radius 3 is 2.62 bits per heavy atom. The predicted octanol–water partition coefficient (Wildman–Crippen LogP) is 2.36. The number of ether oxygens (including phenoxy) is 1. The molecule has 1 atom stereocenters. The molecule has 0 saturated carbocycles. The molecular formula is C16H15FN2O5. The van der Waals surface area contributed by atoms with Crippen molar-refractivity contribution in [1.29, 1.82) is 0 Å². The van der Waals surface area contributed by atoms with Crippen LogP contribution in [0, 0.1) is 15.9 Å². The first-order valence-electron chi connectivity index (χ1n) is 7.04. The summed E-state index contributed by atoms with van der Waals surface area (Å²) in [5, 5.41) is 22.9. The number of rotatable bonds is 8. The fraction of sp³-hybridized carbons (Fsp3) is 0.188. The Bertz CT molecular complexity index is 724. The quantitative estimate of drug-likeness (QED) is 0.567. The largest absolute Gasteiger partial charge is 0.485 e. The Morgan fingerprint density at radius 2 is 2.00 bits per heavy atom. The number of benzene rings is 2. The van der Waals surface area contributed by atoms with E-state index < -0.39 is 28.4 Å². The van der Waals surface area contributed by atoms with Gasteiger partial charge in [-0.15, -0.1) is 0 Å². The molecule has 0 heterocycles. The van der Waals surface area contributed by atoms with Crippen molar-refractivity contribution in [1.82, 2.24) is 5.32 Å². The van der Waals surface area contributed by atoms with Crippen LogP contribution in [0.4, 0.5) is 10.1 Å². The zero-order valence-corrected chi connectivity index (χ0v) is 12.5. The van der Waals surface area contributed by atoms with Crippen molar-refractivity contribution in [2.45, 2.75) is 12.6 Å². The van der Waals surface area contributed by atoms with Crippen molar-refractivity contribution < 1.29 is 24.0 Å². The number of hydrogen-bond acceptors (Lipinski definition) is 5. The third-order valence-corrected chi connectivity index (χ3v) is 3.22. The number of hydrogen-bond donors (Lipinski definition) is 2. The highest BCUT2D eigenvalue weighted by atomic mass is 19.1. The molecule has 0 bridgehead atoms. The van der Waals surface area contributed by atoms with Gasteiger partial charge >= 0.3 is 11.7 Å². The SMILES string of the molecule is O=C(O)C(COc1ccc(F)cc1[N+](=O)[O-])NCc1ccccc1. The molecule has 0 aliphatic carbocycles. The van der Waals surface area contributed by atoms with E-state index in [-0.39, 0.29) is 12.4 Å². The topological polar surface area (TPSA) is 102 Å². The van der Waals surface area contributed by atoms with Crippen LogP contribution in [0.15, 0.2) is 48.5 Å². The summed E-state index contributed by atoms with van der Waals surface area (Å²) in [7, 11) is 0. The lowest BCUT2D eigenvalue weighted by molar-refractivity contribution is -0.386. The van der Waals surface area contributed by atoms with Crippen LogP contribution >= 0.6 is 0 Å². The molecule has 0 aliphatic heterocycles. The Morgan fingerprint density at radius 1 is 1.29 bits per heavy atom. The lowest BCUT2D eigenvalue weighted by Crippen LogP contribution is -2.41. The van der Waals surface area contributed by atoms with Gasteiger partial charge < -0.3 is 9.84 Å². The zero-order valence-electron chi connectivity index (χ0n) is 12.5. The Hall–Kier alpha value is -3.00. The van der Waals surface area contributed by atoms with Crippen LogP contribution in [-0.2, 0) is 11.3 Å². The van der Waals surface area contributed by atoms with Crippen LogP contribution in [0.5, 0.6) is 5.75 Å². The molecule has 0 aliphatic rings. The maximum Gasteiger partial charge on any atom is 0.324 e. The van der Waals surface area contributed by atoms with E-state index >= 15 is 0 Å². The number of carboxylic acids is 1. The van der Waals surface area contributed by atoms with Crippen LogP contribution in [-0.4, -0.2) is 28.6 Å². The van der Waals surface area contributed by atoms with E-state index in [2.05, 4.69) is 5.32 Å². The Balaban J connectivity index is 2.01. The van der Waals surface area contributed by atoms with E-state index in [0.29, 0.717) is 6.54 Å². The number of nitro benzene ring substituents is 1. The van der Waals surface area contributed by atoms with Crippen LogP contribution in [0.3, 0.4) is 0 Å². The molecule has 0 amide bonds. The third-order valence-electron chi connectivity index (χ3n) is 3.22. The van der Waals surface area contributed by atoms with Crippen molar-refractivity contribution in [2.24, 2.45) is 0 Å². The molecular weight excluding hydrogens is 319 g/mol. The second kappa shape index (κ2) is 8.02. The summed E-state index contributed by atoms with van der Waals surface area (Å²) in [6, 6.07) is 10.9. The summed E-state index contributed by atoms with van der Waals surface area (Å²) in [6.07, 6.45) is 0. The molecule has 0 radical (unpaired) electrons. The molecule has 0 fully saturated rings. The first-order chi connectivity index (χ1) is 11.5. The normalized spacial score (nSPS) is 11.7. The van der Waals surface area contributed by atoms with E-state index in [1.165, 1.54) is 0 Å². The highest BCUT2D eigenvalue weighted by molar-refractivity contribution is 5.73. The number of carboxylic acid groups (broad SMARTS) is 1. The van der Waals surface area contributed by atoms with Gasteiger partial charge in [-0.05, 0) is 17.7 Å². The summed E-state index contributed by atoms with van der Waals surface area (Å²) < 4.78 is 18.3. The van der Waals surface area contributed by atoms with Gasteiger partial charge in [-0.3, -0.25) is 20.2 Å². The van der Waals surface area contributed by atoms with Crippen molar-refractivity contribution >= 4 is 11.7 Å². The molecule has 7 nitrogen and oxygen atoms in total. The molecule has 0 spiro atoms. The molecule has 8 heteroatoms. The molecule has 0 saturated heterocycles. The first-order valence-corrected chi connectivity index (χ1v) is 7.04. The fourth-order valence-electron chi connectivity index (χ4n) is 1.98. The Kier molecular flexibility index (Phi) is 5.80. The average Bonchev–Trinajstić information content (AvgIpc) is 2.56. The number of aliphatic carboxylic acids is 1. The van der Waals surface area contributed by atoms with E-state index in [1.807, 2.05) is 30.3 Å². The van der Waals surface area contributed by atoms with Gasteiger partial charge in [0.25, 0.3) is 0 Å². The zero-order chi connectivity index (χ0) is 17.5. The molecule has 2 aromatic rings. The summed E-state index contributed by atoms with van der Waals surface area (Å²) in [5.41, 5.74) is 0.332. The molecule has 126 valence electrons. The maximum atomic E-state index is 13.1. The van der Waals surface area contributed by atoms with E-state index in [9.17, 15) is 24.4 Å². The van der Waals surface area contributed by atoms with Gasteiger partial charge in [-0.25, -0.2) is 4.39 Å². The van der Waals surface area contributed by atoms with E-state index in [0.717, 1.165) is 23.8 Å². The lowest BCUT2D eigenvalue weighted by Gasteiger charge is -2.15. The molecule has 24 heavy (non-hydrogen) atoms. The second-order valence-corrected chi connectivity index (χ2v) is 4.94. The highest BCUT2D eigenvalue weighted by Gasteiger charge is 2.21. The first kappa shape index (κ1) is 17.4. The highest BCUT2D eigenvalue weighted by Crippen LogP contribution is 2.27. The van der Waals surface area contributed by atoms with Gasteiger partial charge in [0.1, 0.15) is 18.5 Å². The van der Waals surface area contributed by atoms with Gasteiger partial charge in [-0.2, -0.15) is 0 Å². The van der Waals surface area contributed by atoms with Crippen molar-refractivity contribution in [3.63, 3.8) is 0 Å². The van der Waals surface area contributed by atoms with E-state index in [1.54, 1.807) is 0 Å². The lowest BCUT2D eigenvalue weighted by atomic mass is 10.2. The third kappa shape index (κ3) is 4.75. The van der Waals surface area contributed by atoms with Crippen molar-refractivity contribution in [3.05, 3.63) is 70.0 Å². The van der Waals surface area contributed by atoms with Crippen LogP contribution < -0.4 is 10.1 Å². The smallest absolute Gasteiger partial charge is 0.324 e. The minimum atomic E-state index is -1.16. The molecule has 2 rings (SSSR count). The second-order valence-electron chi connectivity index (χ2n) is 4.94. The number of nitro groups is 1. The predicted molar refractivity (Wildman–Crippen MR) is 83.3 cm³/mol. The molecule has 0 aromatic heterocycles. The molecule has 2 aromatic carbocycles. The van der Waals surface area contributed by atoms with Crippen molar-refractivity contribution in [2.75, 3.05) is 6.61 Å². The summed E-state index contributed by atoms with van der Waals surface area (Å²) in [6.45, 7) is -0.0404. The van der Waals surface area contributed by atoms with Gasteiger partial charge in [0.2, 0.25) is 0 Å².